The van der Waals surface area contributed by atoms with Crippen molar-refractivity contribution in [2.45, 2.75) is 71.6 Å². The van der Waals surface area contributed by atoms with Gasteiger partial charge in [0, 0.05) is 11.6 Å². The van der Waals surface area contributed by atoms with Crippen LogP contribution in [0.25, 0.3) is 0 Å². The van der Waals surface area contributed by atoms with Crippen LogP contribution in [0.5, 0.6) is 5.75 Å². The van der Waals surface area contributed by atoms with Crippen molar-refractivity contribution < 1.29 is 34.4 Å². The lowest BCUT2D eigenvalue weighted by atomic mass is 10.0. The number of rotatable bonds is 13. The molecule has 0 amide bonds. The Morgan fingerprint density at radius 2 is 1.53 bits per heavy atom. The lowest BCUT2D eigenvalue weighted by Crippen LogP contribution is -2.06. The number of carbonyl (C=O) groups is 3. The number of carboxylic acid groups (broad SMARTS) is 2. The fraction of sp³-hybridized carbons (Fsp3) is 0.480. The van der Waals surface area contributed by atoms with E-state index >= 15 is 0 Å². The van der Waals surface area contributed by atoms with Gasteiger partial charge in [0.2, 0.25) is 0 Å². The van der Waals surface area contributed by atoms with Crippen LogP contribution in [0.15, 0.2) is 49.1 Å². The van der Waals surface area contributed by atoms with Crippen LogP contribution in [0.4, 0.5) is 0 Å². The normalized spacial score (nSPS) is 9.31. The summed E-state index contributed by atoms with van der Waals surface area (Å²) in [4.78, 5) is 29.7. The molecule has 1 aromatic carbocycles. The topological polar surface area (TPSA) is 121 Å². The number of aromatic hydroxyl groups is 1. The van der Waals surface area contributed by atoms with Crippen LogP contribution in [-0.2, 0) is 25.5 Å². The van der Waals surface area contributed by atoms with Gasteiger partial charge in [0.25, 0.3) is 0 Å². The highest BCUT2D eigenvalue weighted by Gasteiger charge is 1.99. The minimum Gasteiger partial charge on any atom is -0.508 e. The number of hydrogen-bond donors (Lipinski definition) is 3. The number of benzene rings is 1. The van der Waals surface area contributed by atoms with E-state index in [1.54, 1.807) is 6.07 Å². The van der Waals surface area contributed by atoms with Crippen molar-refractivity contribution in [1.29, 1.82) is 0 Å². The summed E-state index contributed by atoms with van der Waals surface area (Å²) < 4.78 is 4.36. The Labute approximate surface area is 191 Å². The number of carboxylic acids is 2. The van der Waals surface area contributed by atoms with Gasteiger partial charge in [-0.2, -0.15) is 0 Å². The van der Waals surface area contributed by atoms with E-state index in [0.29, 0.717) is 5.75 Å². The molecular formula is C25H38O7. The standard InChI is InChI=1S/C15H24O.C6H8O4.C4H6O2/c1-2-3-4-5-6-7-8-11-14-12-9-10-13-15(14)16;1-2-6(9)10-4-3-5(7)8;1-3(2)4(5)6/h9-10,12-13,16H,2-8,11H2,1H3;2H,1,3-4H2,(H,7,8);1H2,2H3,(H,5,6). The summed E-state index contributed by atoms with van der Waals surface area (Å²) in [6.07, 6.45) is 11.1. The molecule has 180 valence electrons. The maximum absolute atomic E-state index is 10.3. The van der Waals surface area contributed by atoms with Crippen molar-refractivity contribution in [2.24, 2.45) is 0 Å². The SMILES string of the molecule is C=C(C)C(=O)O.C=CC(=O)OCCC(=O)O.CCCCCCCCCc1ccccc1O. The molecule has 0 saturated carbocycles. The highest BCUT2D eigenvalue weighted by atomic mass is 16.5. The Bertz CT molecular complexity index is 683. The number of ether oxygens (including phenoxy) is 1. The molecule has 0 heterocycles. The third-order valence-corrected chi connectivity index (χ3v) is 4.13. The smallest absolute Gasteiger partial charge is 0.330 e. The molecule has 0 aliphatic carbocycles. The summed E-state index contributed by atoms with van der Waals surface area (Å²) in [5, 5.41) is 25.6. The second-order valence-corrected chi connectivity index (χ2v) is 7.10. The summed E-state index contributed by atoms with van der Waals surface area (Å²) in [5.74, 6) is -2.07. The number of phenolic OH excluding ortho intramolecular Hbond substituents is 1. The van der Waals surface area contributed by atoms with Gasteiger partial charge in [-0.3, -0.25) is 4.79 Å². The molecule has 0 radical (unpaired) electrons. The second kappa shape index (κ2) is 21.2. The van der Waals surface area contributed by atoms with Gasteiger partial charge in [0.1, 0.15) is 12.4 Å². The Morgan fingerprint density at radius 1 is 1.00 bits per heavy atom. The van der Waals surface area contributed by atoms with E-state index in [2.05, 4.69) is 24.8 Å². The van der Waals surface area contributed by atoms with E-state index in [9.17, 15) is 19.5 Å². The average Bonchev–Trinajstić information content (AvgIpc) is 2.74. The fourth-order valence-electron chi connectivity index (χ4n) is 2.29. The summed E-state index contributed by atoms with van der Waals surface area (Å²) >= 11 is 0. The van der Waals surface area contributed by atoms with Crippen molar-refractivity contribution in [3.63, 3.8) is 0 Å². The van der Waals surface area contributed by atoms with Crippen LogP contribution >= 0.6 is 0 Å². The van der Waals surface area contributed by atoms with Crippen LogP contribution in [0.1, 0.15) is 70.8 Å². The molecular weight excluding hydrogens is 412 g/mol. The molecule has 0 saturated heterocycles. The first-order chi connectivity index (χ1) is 15.1. The van der Waals surface area contributed by atoms with E-state index in [1.807, 2.05) is 18.2 Å². The van der Waals surface area contributed by atoms with Crippen molar-refractivity contribution in [1.82, 2.24) is 0 Å². The van der Waals surface area contributed by atoms with E-state index in [1.165, 1.54) is 51.9 Å². The summed E-state index contributed by atoms with van der Waals surface area (Å²) in [5.41, 5.74) is 1.27. The van der Waals surface area contributed by atoms with Gasteiger partial charge in [0.15, 0.2) is 0 Å². The first kappa shape index (κ1) is 31.1. The van der Waals surface area contributed by atoms with E-state index < -0.39 is 17.9 Å². The molecule has 0 unspecified atom stereocenters. The van der Waals surface area contributed by atoms with Gasteiger partial charge in [-0.15, -0.1) is 0 Å². The van der Waals surface area contributed by atoms with Crippen molar-refractivity contribution in [3.8, 4) is 5.75 Å². The zero-order valence-corrected chi connectivity index (χ0v) is 19.3. The number of esters is 1. The first-order valence-corrected chi connectivity index (χ1v) is 10.8. The molecule has 0 fully saturated rings. The average molecular weight is 451 g/mol. The van der Waals surface area contributed by atoms with Crippen molar-refractivity contribution in [3.05, 3.63) is 54.6 Å². The van der Waals surface area contributed by atoms with Gasteiger partial charge in [-0.25, -0.2) is 9.59 Å². The fourth-order valence-corrected chi connectivity index (χ4v) is 2.29. The molecule has 7 nitrogen and oxygen atoms in total. The quantitative estimate of drug-likeness (QED) is 0.205. The largest absolute Gasteiger partial charge is 0.508 e. The monoisotopic (exact) mass is 450 g/mol. The van der Waals surface area contributed by atoms with Crippen LogP contribution < -0.4 is 0 Å². The number of hydrogen-bond acceptors (Lipinski definition) is 5. The highest BCUT2D eigenvalue weighted by Crippen LogP contribution is 2.18. The van der Waals surface area contributed by atoms with Crippen molar-refractivity contribution >= 4 is 17.9 Å². The lowest BCUT2D eigenvalue weighted by Gasteiger charge is -2.04. The molecule has 0 aliphatic rings. The molecule has 0 atom stereocenters. The number of para-hydroxylation sites is 1. The summed E-state index contributed by atoms with van der Waals surface area (Å²) in [6.45, 7) is 9.89. The minimum absolute atomic E-state index is 0.0970. The number of aryl methyl sites for hydroxylation is 1. The second-order valence-electron chi connectivity index (χ2n) is 7.10. The minimum atomic E-state index is -0.989. The molecule has 1 aromatic rings. The van der Waals surface area contributed by atoms with Gasteiger partial charge >= 0.3 is 17.9 Å². The molecule has 0 bridgehead atoms. The number of carbonyl (C=O) groups excluding carboxylic acids is 1. The van der Waals surface area contributed by atoms with Crippen LogP contribution in [0.3, 0.4) is 0 Å². The number of unbranched alkanes of at least 4 members (excludes halogenated alkanes) is 6. The highest BCUT2D eigenvalue weighted by molar-refractivity contribution is 5.84. The molecule has 7 heteroatoms. The third-order valence-electron chi connectivity index (χ3n) is 4.13. The zero-order valence-electron chi connectivity index (χ0n) is 19.3. The summed E-state index contributed by atoms with van der Waals surface area (Å²) in [6, 6.07) is 7.67. The number of phenols is 1. The Morgan fingerprint density at radius 3 is 2.00 bits per heavy atom. The molecule has 0 aromatic heterocycles. The van der Waals surface area contributed by atoms with Crippen LogP contribution in [0, 0.1) is 0 Å². The third kappa shape index (κ3) is 21.6. The molecule has 3 N–H and O–H groups in total. The van der Waals surface area contributed by atoms with E-state index in [-0.39, 0.29) is 18.6 Å². The number of aliphatic carboxylic acids is 2. The molecule has 0 spiro atoms. The van der Waals surface area contributed by atoms with Crippen LogP contribution in [0.2, 0.25) is 0 Å². The Kier molecular flexibility index (Phi) is 20.6. The van der Waals surface area contributed by atoms with Crippen molar-refractivity contribution in [2.75, 3.05) is 6.61 Å². The maximum Gasteiger partial charge on any atom is 0.330 e. The Balaban J connectivity index is 0. The van der Waals surface area contributed by atoms with Gasteiger partial charge in [-0.05, 0) is 31.4 Å². The van der Waals surface area contributed by atoms with Gasteiger partial charge < -0.3 is 20.1 Å². The van der Waals surface area contributed by atoms with Gasteiger partial charge in [-0.1, -0.05) is 76.8 Å². The van der Waals surface area contributed by atoms with Gasteiger partial charge in [0.05, 0.1) is 6.42 Å². The van der Waals surface area contributed by atoms with Crippen LogP contribution in [-0.4, -0.2) is 39.8 Å². The van der Waals surface area contributed by atoms with E-state index in [4.69, 9.17) is 10.2 Å². The Hall–Kier alpha value is -3.09. The predicted molar refractivity (Wildman–Crippen MR) is 126 cm³/mol. The first-order valence-electron chi connectivity index (χ1n) is 10.8. The molecule has 0 aliphatic heterocycles. The predicted octanol–water partition coefficient (Wildman–Crippen LogP) is 5.52. The zero-order chi connectivity index (χ0) is 24.8. The lowest BCUT2D eigenvalue weighted by molar-refractivity contribution is -0.142. The van der Waals surface area contributed by atoms with E-state index in [0.717, 1.165) is 18.1 Å². The maximum atomic E-state index is 10.3. The molecule has 32 heavy (non-hydrogen) atoms. The molecule has 1 rings (SSSR count). The summed E-state index contributed by atoms with van der Waals surface area (Å²) in [7, 11) is 0.